The summed E-state index contributed by atoms with van der Waals surface area (Å²) in [4.78, 5) is 0. The molecule has 0 aromatic heterocycles. The van der Waals surface area contributed by atoms with E-state index in [2.05, 4.69) is 0 Å². The molecule has 0 heterocycles. The molecule has 0 bridgehead atoms. The van der Waals surface area contributed by atoms with Gasteiger partial charge in [-0.05, 0) is 52.3 Å². The van der Waals surface area contributed by atoms with Crippen LogP contribution in [0.15, 0.2) is 72.8 Å². The van der Waals surface area contributed by atoms with Gasteiger partial charge in [0.2, 0.25) is 0 Å². The second-order valence-electron chi connectivity index (χ2n) is 5.05. The molecule has 0 aliphatic heterocycles. The SMILES string of the molecule is S=P(c1cccc(Cl)c1)(c1cccc(Cl)c1)c1cccc(Cl)c1. The van der Waals surface area contributed by atoms with Gasteiger partial charge in [0, 0.05) is 21.1 Å². The van der Waals surface area contributed by atoms with Crippen LogP contribution in [0.25, 0.3) is 0 Å². The van der Waals surface area contributed by atoms with Gasteiger partial charge in [-0.3, -0.25) is 0 Å². The molecule has 5 heteroatoms. The third-order valence-corrected chi connectivity index (χ3v) is 9.13. The molecule has 0 spiro atoms. The number of halogens is 3. The van der Waals surface area contributed by atoms with Crippen molar-refractivity contribution in [3.8, 4) is 0 Å². The van der Waals surface area contributed by atoms with Gasteiger partial charge in [0.25, 0.3) is 0 Å². The third kappa shape index (κ3) is 3.50. The zero-order valence-corrected chi connectivity index (χ0v) is 15.9. The van der Waals surface area contributed by atoms with Gasteiger partial charge in [-0.15, -0.1) is 0 Å². The Labute approximate surface area is 156 Å². The summed E-state index contributed by atoms with van der Waals surface area (Å²) in [5.74, 6) is 0. The van der Waals surface area contributed by atoms with Crippen LogP contribution in [0.3, 0.4) is 0 Å². The zero-order chi connectivity index (χ0) is 16.4. The van der Waals surface area contributed by atoms with Crippen molar-refractivity contribution in [2.75, 3.05) is 0 Å². The summed E-state index contributed by atoms with van der Waals surface area (Å²) >= 11 is 24.8. The van der Waals surface area contributed by atoms with Crippen molar-refractivity contribution < 1.29 is 0 Å². The summed E-state index contributed by atoms with van der Waals surface area (Å²) in [7, 11) is 0. The van der Waals surface area contributed by atoms with Crippen LogP contribution in [0.5, 0.6) is 0 Å². The summed E-state index contributed by atoms with van der Waals surface area (Å²) in [6.07, 6.45) is 0. The zero-order valence-electron chi connectivity index (χ0n) is 11.9. The first-order valence-corrected chi connectivity index (χ1v) is 10.8. The largest absolute Gasteiger partial charge is 0.0843 e. The van der Waals surface area contributed by atoms with E-state index in [0.29, 0.717) is 15.1 Å². The number of rotatable bonds is 3. The maximum atomic E-state index is 6.22. The Morgan fingerprint density at radius 3 is 1.13 bits per heavy atom. The fourth-order valence-corrected chi connectivity index (χ4v) is 7.03. The first-order chi connectivity index (χ1) is 11.0. The van der Waals surface area contributed by atoms with E-state index < -0.39 is 6.04 Å². The molecule has 3 aromatic rings. The summed E-state index contributed by atoms with van der Waals surface area (Å²) in [5, 5.41) is 5.06. The van der Waals surface area contributed by atoms with Gasteiger partial charge in [-0.25, -0.2) is 0 Å². The van der Waals surface area contributed by atoms with Gasteiger partial charge < -0.3 is 0 Å². The standard InChI is InChI=1S/C18H12Cl3PS/c19-13-4-1-7-16(10-13)22(23,17-8-2-5-14(20)11-17)18-9-3-6-15(21)12-18/h1-12H. The van der Waals surface area contributed by atoms with E-state index in [1.807, 2.05) is 72.8 Å². The second kappa shape index (κ2) is 6.97. The first kappa shape index (κ1) is 17.0. The van der Waals surface area contributed by atoms with E-state index in [4.69, 9.17) is 46.6 Å². The Balaban J connectivity index is 2.32. The van der Waals surface area contributed by atoms with Crippen molar-refractivity contribution in [2.45, 2.75) is 0 Å². The summed E-state index contributed by atoms with van der Waals surface area (Å²) in [5.41, 5.74) is 0. The summed E-state index contributed by atoms with van der Waals surface area (Å²) < 4.78 is 0. The van der Waals surface area contributed by atoms with Gasteiger partial charge in [0.15, 0.2) is 0 Å². The quantitative estimate of drug-likeness (QED) is 0.533. The molecule has 0 radical (unpaired) electrons. The van der Waals surface area contributed by atoms with Crippen LogP contribution in [0.4, 0.5) is 0 Å². The highest BCUT2D eigenvalue weighted by atomic mass is 35.5. The predicted molar refractivity (Wildman–Crippen MR) is 108 cm³/mol. The topological polar surface area (TPSA) is 0 Å². The molecule has 0 aliphatic carbocycles. The highest BCUT2D eigenvalue weighted by Crippen LogP contribution is 2.44. The van der Waals surface area contributed by atoms with E-state index in [1.165, 1.54) is 0 Å². The lowest BCUT2D eigenvalue weighted by Crippen LogP contribution is -2.24. The number of hydrogen-bond acceptors (Lipinski definition) is 1. The average Bonchev–Trinajstić information content (AvgIpc) is 2.54. The van der Waals surface area contributed by atoms with Crippen molar-refractivity contribution in [2.24, 2.45) is 0 Å². The molecule has 0 fully saturated rings. The van der Waals surface area contributed by atoms with Crippen LogP contribution in [-0.4, -0.2) is 0 Å². The highest BCUT2D eigenvalue weighted by Gasteiger charge is 2.25. The molecule has 0 nitrogen and oxygen atoms in total. The van der Waals surface area contributed by atoms with Crippen LogP contribution < -0.4 is 15.9 Å². The van der Waals surface area contributed by atoms with Crippen molar-refractivity contribution in [3.05, 3.63) is 87.9 Å². The van der Waals surface area contributed by atoms with E-state index in [9.17, 15) is 0 Å². The van der Waals surface area contributed by atoms with Crippen molar-refractivity contribution in [1.29, 1.82) is 0 Å². The van der Waals surface area contributed by atoms with Crippen LogP contribution >= 0.6 is 40.8 Å². The lowest BCUT2D eigenvalue weighted by Gasteiger charge is -2.24. The maximum absolute atomic E-state index is 6.22. The molecule has 0 saturated carbocycles. The molecule has 116 valence electrons. The molecule has 0 atom stereocenters. The van der Waals surface area contributed by atoms with Crippen molar-refractivity contribution in [3.63, 3.8) is 0 Å². The monoisotopic (exact) mass is 396 g/mol. The van der Waals surface area contributed by atoms with Crippen LogP contribution in [0.2, 0.25) is 15.1 Å². The molecule has 3 rings (SSSR count). The van der Waals surface area contributed by atoms with Gasteiger partial charge in [0.1, 0.15) is 0 Å². The van der Waals surface area contributed by atoms with Gasteiger partial charge in [0.05, 0.1) is 0 Å². The smallest absolute Gasteiger partial charge is 0.0412 e. The summed E-state index contributed by atoms with van der Waals surface area (Å²) in [6, 6.07) is 20.9. The van der Waals surface area contributed by atoms with E-state index in [1.54, 1.807) is 0 Å². The molecule has 0 amide bonds. The maximum Gasteiger partial charge on any atom is 0.0412 e. The molecule has 23 heavy (non-hydrogen) atoms. The fourth-order valence-electron chi connectivity index (χ4n) is 2.46. The Morgan fingerprint density at radius 2 is 0.870 bits per heavy atom. The Hall–Kier alpha value is -0.820. The van der Waals surface area contributed by atoms with Gasteiger partial charge >= 0.3 is 0 Å². The Kier molecular flexibility index (Phi) is 5.16. The normalized spacial score (nSPS) is 11.4. The minimum absolute atomic E-state index is 0.667. The fraction of sp³-hybridized carbons (Fsp3) is 0. The Morgan fingerprint density at radius 1 is 0.565 bits per heavy atom. The van der Waals surface area contributed by atoms with Gasteiger partial charge in [-0.2, -0.15) is 0 Å². The minimum Gasteiger partial charge on any atom is -0.0843 e. The molecule has 0 unspecified atom stereocenters. The van der Waals surface area contributed by atoms with E-state index in [0.717, 1.165) is 15.9 Å². The molecular weight excluding hydrogens is 386 g/mol. The van der Waals surface area contributed by atoms with E-state index in [-0.39, 0.29) is 0 Å². The van der Waals surface area contributed by atoms with E-state index >= 15 is 0 Å². The van der Waals surface area contributed by atoms with Gasteiger partial charge in [-0.1, -0.05) is 83.0 Å². The number of hydrogen-bond donors (Lipinski definition) is 0. The lowest BCUT2D eigenvalue weighted by atomic mass is 10.3. The van der Waals surface area contributed by atoms with Crippen LogP contribution in [-0.2, 0) is 11.8 Å². The van der Waals surface area contributed by atoms with Crippen LogP contribution in [0, 0.1) is 0 Å². The molecule has 0 aliphatic rings. The highest BCUT2D eigenvalue weighted by molar-refractivity contribution is 8.25. The Bertz CT molecular complexity index is 790. The lowest BCUT2D eigenvalue weighted by molar-refractivity contribution is 1.73. The molecular formula is C18H12Cl3PS. The second-order valence-corrected chi connectivity index (χ2v) is 10.8. The molecule has 3 aromatic carbocycles. The van der Waals surface area contributed by atoms with Crippen molar-refractivity contribution >= 4 is 68.6 Å². The molecule has 0 N–H and O–H groups in total. The molecule has 0 saturated heterocycles. The predicted octanol–water partition coefficient (Wildman–Crippen LogP) is 5.40. The third-order valence-electron chi connectivity index (χ3n) is 3.52. The average molecular weight is 398 g/mol. The summed E-state index contributed by atoms with van der Waals surface area (Å²) in [6.45, 7) is 0. The van der Waals surface area contributed by atoms with Crippen LogP contribution in [0.1, 0.15) is 0 Å². The van der Waals surface area contributed by atoms with Crippen molar-refractivity contribution in [1.82, 2.24) is 0 Å². The number of benzene rings is 3. The first-order valence-electron chi connectivity index (χ1n) is 6.88. The minimum atomic E-state index is -2.28.